The normalized spacial score (nSPS) is 15.0. The van der Waals surface area contributed by atoms with Crippen molar-refractivity contribution in [1.82, 2.24) is 10.2 Å². The number of hydrogen-bond donors (Lipinski definition) is 1. The molecular formula is C27H35ClN2O3. The summed E-state index contributed by atoms with van der Waals surface area (Å²) in [6, 6.07) is 14.9. The minimum Gasteiger partial charge on any atom is -0.494 e. The number of nitrogens with one attached hydrogen (secondary N) is 1. The van der Waals surface area contributed by atoms with Gasteiger partial charge in [-0.1, -0.05) is 60.7 Å². The summed E-state index contributed by atoms with van der Waals surface area (Å²) in [4.78, 5) is 27.9. The van der Waals surface area contributed by atoms with Crippen LogP contribution in [-0.2, 0) is 16.1 Å². The number of hydrogen-bond acceptors (Lipinski definition) is 3. The Morgan fingerprint density at radius 3 is 2.55 bits per heavy atom. The monoisotopic (exact) mass is 470 g/mol. The van der Waals surface area contributed by atoms with Gasteiger partial charge in [0.05, 0.1) is 6.61 Å². The van der Waals surface area contributed by atoms with Crippen LogP contribution in [0.2, 0.25) is 5.02 Å². The highest BCUT2D eigenvalue weighted by molar-refractivity contribution is 6.30. The summed E-state index contributed by atoms with van der Waals surface area (Å²) in [5, 5.41) is 3.83. The van der Waals surface area contributed by atoms with Crippen LogP contribution in [0.1, 0.15) is 63.0 Å². The zero-order valence-electron chi connectivity index (χ0n) is 19.7. The number of aryl methyl sites for hydroxylation is 1. The fourth-order valence-corrected chi connectivity index (χ4v) is 4.37. The molecule has 2 aromatic carbocycles. The maximum absolute atomic E-state index is 13.2. The van der Waals surface area contributed by atoms with E-state index in [0.29, 0.717) is 31.0 Å². The van der Waals surface area contributed by atoms with E-state index < -0.39 is 6.04 Å². The van der Waals surface area contributed by atoms with Crippen LogP contribution in [0.4, 0.5) is 0 Å². The molecule has 2 aromatic rings. The fourth-order valence-electron chi connectivity index (χ4n) is 4.25. The second-order valence-electron chi connectivity index (χ2n) is 8.94. The molecule has 178 valence electrons. The molecule has 1 aliphatic carbocycles. The molecular weight excluding hydrogens is 436 g/mol. The van der Waals surface area contributed by atoms with Crippen molar-refractivity contribution < 1.29 is 14.3 Å². The summed E-state index contributed by atoms with van der Waals surface area (Å²) in [7, 11) is 0. The van der Waals surface area contributed by atoms with Gasteiger partial charge in [0.2, 0.25) is 11.8 Å². The number of amides is 2. The van der Waals surface area contributed by atoms with E-state index in [-0.39, 0.29) is 17.9 Å². The number of rotatable bonds is 10. The Balaban J connectivity index is 1.60. The van der Waals surface area contributed by atoms with Crippen molar-refractivity contribution in [2.45, 2.75) is 77.4 Å². The van der Waals surface area contributed by atoms with Crippen molar-refractivity contribution in [3.05, 3.63) is 64.7 Å². The lowest BCUT2D eigenvalue weighted by molar-refractivity contribution is -0.141. The van der Waals surface area contributed by atoms with E-state index >= 15 is 0 Å². The number of carbonyl (C=O) groups excluding carboxylic acids is 2. The zero-order valence-corrected chi connectivity index (χ0v) is 20.4. The average Bonchev–Trinajstić information content (AvgIpc) is 2.81. The molecule has 0 unspecified atom stereocenters. The van der Waals surface area contributed by atoms with Crippen LogP contribution in [0, 0.1) is 6.92 Å². The average molecular weight is 471 g/mol. The molecule has 1 aliphatic rings. The molecule has 0 saturated heterocycles. The molecule has 3 rings (SSSR count). The van der Waals surface area contributed by atoms with Crippen molar-refractivity contribution in [2.75, 3.05) is 6.61 Å². The van der Waals surface area contributed by atoms with Gasteiger partial charge in [0.15, 0.2) is 0 Å². The van der Waals surface area contributed by atoms with E-state index in [2.05, 4.69) is 11.4 Å². The topological polar surface area (TPSA) is 58.6 Å². The van der Waals surface area contributed by atoms with Gasteiger partial charge >= 0.3 is 0 Å². The van der Waals surface area contributed by atoms with Gasteiger partial charge in [-0.05, 0) is 62.9 Å². The smallest absolute Gasteiger partial charge is 0.242 e. The van der Waals surface area contributed by atoms with Crippen LogP contribution in [0.5, 0.6) is 5.75 Å². The highest BCUT2D eigenvalue weighted by atomic mass is 35.5. The number of carbonyl (C=O) groups is 2. The van der Waals surface area contributed by atoms with Gasteiger partial charge in [-0.2, -0.15) is 0 Å². The molecule has 0 aromatic heterocycles. The van der Waals surface area contributed by atoms with Crippen molar-refractivity contribution >= 4 is 23.4 Å². The van der Waals surface area contributed by atoms with E-state index in [1.54, 1.807) is 17.0 Å². The summed E-state index contributed by atoms with van der Waals surface area (Å²) in [6.07, 6.45) is 6.47. The Bertz CT molecular complexity index is 910. The Labute approximate surface area is 202 Å². The third kappa shape index (κ3) is 8.08. The molecule has 1 N–H and O–H groups in total. The largest absolute Gasteiger partial charge is 0.494 e. The zero-order chi connectivity index (χ0) is 23.6. The molecule has 0 heterocycles. The van der Waals surface area contributed by atoms with Gasteiger partial charge in [0.25, 0.3) is 0 Å². The second-order valence-corrected chi connectivity index (χ2v) is 9.37. The van der Waals surface area contributed by atoms with Crippen LogP contribution < -0.4 is 10.1 Å². The van der Waals surface area contributed by atoms with Crippen molar-refractivity contribution in [3.8, 4) is 5.75 Å². The highest BCUT2D eigenvalue weighted by Gasteiger charge is 2.27. The van der Waals surface area contributed by atoms with E-state index in [4.69, 9.17) is 16.3 Å². The predicted octanol–water partition coefficient (Wildman–Crippen LogP) is 5.67. The number of halogens is 1. The Morgan fingerprint density at radius 2 is 1.85 bits per heavy atom. The lowest BCUT2D eigenvalue weighted by Gasteiger charge is -2.31. The Hall–Kier alpha value is -2.53. The number of ether oxygens (including phenoxy) is 1. The maximum Gasteiger partial charge on any atom is 0.242 e. The van der Waals surface area contributed by atoms with Gasteiger partial charge in [0, 0.05) is 24.0 Å². The van der Waals surface area contributed by atoms with Crippen LogP contribution in [0.15, 0.2) is 48.5 Å². The molecule has 2 amide bonds. The second kappa shape index (κ2) is 12.6. The van der Waals surface area contributed by atoms with Crippen LogP contribution in [0.25, 0.3) is 0 Å². The molecule has 0 spiro atoms. The summed E-state index contributed by atoms with van der Waals surface area (Å²) < 4.78 is 5.72. The lowest BCUT2D eigenvalue weighted by Crippen LogP contribution is -2.50. The van der Waals surface area contributed by atoms with Crippen molar-refractivity contribution in [1.29, 1.82) is 0 Å². The van der Waals surface area contributed by atoms with Gasteiger partial charge in [0.1, 0.15) is 11.8 Å². The molecule has 1 saturated carbocycles. The molecule has 1 atom stereocenters. The lowest BCUT2D eigenvalue weighted by atomic mass is 9.95. The molecule has 6 heteroatoms. The molecule has 1 fully saturated rings. The van der Waals surface area contributed by atoms with E-state index in [1.165, 1.54) is 6.42 Å². The number of benzene rings is 2. The van der Waals surface area contributed by atoms with E-state index in [1.807, 2.05) is 44.2 Å². The summed E-state index contributed by atoms with van der Waals surface area (Å²) in [6.45, 7) is 4.70. The molecule has 5 nitrogen and oxygen atoms in total. The maximum atomic E-state index is 13.2. The number of nitrogens with zero attached hydrogens (tertiary/aromatic N) is 1. The first-order chi connectivity index (χ1) is 15.9. The third-order valence-corrected chi connectivity index (χ3v) is 6.42. The minimum atomic E-state index is -0.530. The molecule has 0 aliphatic heterocycles. The minimum absolute atomic E-state index is 0.0393. The van der Waals surface area contributed by atoms with Gasteiger partial charge in [-0.15, -0.1) is 0 Å². The first-order valence-electron chi connectivity index (χ1n) is 12.0. The van der Waals surface area contributed by atoms with Crippen molar-refractivity contribution in [2.24, 2.45) is 0 Å². The van der Waals surface area contributed by atoms with Gasteiger partial charge < -0.3 is 15.0 Å². The molecule has 0 radical (unpaired) electrons. The van der Waals surface area contributed by atoms with Crippen molar-refractivity contribution in [3.63, 3.8) is 0 Å². The summed E-state index contributed by atoms with van der Waals surface area (Å²) in [5.74, 6) is 0.617. The third-order valence-electron chi connectivity index (χ3n) is 6.17. The van der Waals surface area contributed by atoms with Crippen LogP contribution in [-0.4, -0.2) is 35.4 Å². The van der Waals surface area contributed by atoms with Gasteiger partial charge in [-0.25, -0.2) is 0 Å². The standard InChI is InChI=1S/C27H35ClN2O3/c1-20-8-6-9-22(18-20)19-30(21(2)27(32)29-24-10-4-3-5-11-24)26(31)12-7-17-33-25-15-13-23(28)14-16-25/h6,8-9,13-16,18,21,24H,3-5,7,10-12,17,19H2,1-2H3,(H,29,32)/t21-/m0/s1. The Morgan fingerprint density at radius 1 is 1.12 bits per heavy atom. The Kier molecular flexibility index (Phi) is 9.61. The summed E-state index contributed by atoms with van der Waals surface area (Å²) in [5.41, 5.74) is 2.16. The fraction of sp³-hybridized carbons (Fsp3) is 0.481. The first-order valence-corrected chi connectivity index (χ1v) is 12.3. The predicted molar refractivity (Wildman–Crippen MR) is 132 cm³/mol. The van der Waals surface area contributed by atoms with Gasteiger partial charge in [-0.3, -0.25) is 9.59 Å². The highest BCUT2D eigenvalue weighted by Crippen LogP contribution is 2.19. The van der Waals surface area contributed by atoms with Crippen LogP contribution >= 0.6 is 11.6 Å². The molecule has 0 bridgehead atoms. The van der Waals surface area contributed by atoms with E-state index in [9.17, 15) is 9.59 Å². The molecule has 33 heavy (non-hydrogen) atoms. The quantitative estimate of drug-likeness (QED) is 0.455. The van der Waals surface area contributed by atoms with Crippen LogP contribution in [0.3, 0.4) is 0 Å². The van der Waals surface area contributed by atoms with E-state index in [0.717, 1.165) is 42.6 Å². The SMILES string of the molecule is Cc1cccc(CN(C(=O)CCCOc2ccc(Cl)cc2)[C@@H](C)C(=O)NC2CCCCC2)c1. The summed E-state index contributed by atoms with van der Waals surface area (Å²) >= 11 is 5.90. The first kappa shape index (κ1) is 25.1.